The molecule has 1 unspecified atom stereocenters. The van der Waals surface area contributed by atoms with Gasteiger partial charge in [0.15, 0.2) is 17.6 Å². The number of fused-ring (bicyclic) bond motifs is 1. The first-order valence-corrected chi connectivity index (χ1v) is 7.81. The van der Waals surface area contributed by atoms with Gasteiger partial charge in [0.1, 0.15) is 17.2 Å². The van der Waals surface area contributed by atoms with Crippen LogP contribution in [0.15, 0.2) is 30.3 Å². The fourth-order valence-corrected chi connectivity index (χ4v) is 2.35. The van der Waals surface area contributed by atoms with Gasteiger partial charge >= 0.3 is 5.97 Å². The summed E-state index contributed by atoms with van der Waals surface area (Å²) in [6.07, 6.45) is -1.46. The van der Waals surface area contributed by atoms with Crippen molar-refractivity contribution in [3.8, 4) is 11.5 Å². The van der Waals surface area contributed by atoms with Crippen LogP contribution in [0.5, 0.6) is 11.5 Å². The van der Waals surface area contributed by atoms with Gasteiger partial charge in [-0.3, -0.25) is 14.9 Å². The fraction of sp³-hybridized carbons (Fsp3) is 0.176. The van der Waals surface area contributed by atoms with Gasteiger partial charge in [-0.25, -0.2) is 13.6 Å². The number of halogens is 2. The molecule has 1 heterocycles. The Bertz CT molecular complexity index is 980. The highest BCUT2D eigenvalue weighted by molar-refractivity contribution is 5.99. The molecular weight excluding hydrogens is 382 g/mol. The van der Waals surface area contributed by atoms with Crippen molar-refractivity contribution in [3.63, 3.8) is 0 Å². The summed E-state index contributed by atoms with van der Waals surface area (Å²) in [6, 6.07) is 4.51. The number of nitro groups is 1. The molecule has 1 N–H and O–H groups in total. The summed E-state index contributed by atoms with van der Waals surface area (Å²) in [4.78, 5) is 34.8. The first-order valence-electron chi connectivity index (χ1n) is 7.81. The second kappa shape index (κ2) is 7.47. The van der Waals surface area contributed by atoms with E-state index in [0.717, 1.165) is 30.3 Å². The smallest absolute Gasteiger partial charge is 0.346 e. The lowest BCUT2D eigenvalue weighted by Crippen LogP contribution is -2.30. The molecule has 28 heavy (non-hydrogen) atoms. The normalized spacial score (nSPS) is 13.0. The average Bonchev–Trinajstić information content (AvgIpc) is 3.11. The van der Waals surface area contributed by atoms with Gasteiger partial charge < -0.3 is 19.5 Å². The number of nitrogens with zero attached hydrogens (tertiary/aromatic N) is 1. The van der Waals surface area contributed by atoms with Crippen molar-refractivity contribution in [1.29, 1.82) is 0 Å². The molecule has 0 aliphatic carbocycles. The van der Waals surface area contributed by atoms with E-state index < -0.39 is 51.5 Å². The highest BCUT2D eigenvalue weighted by atomic mass is 19.1. The number of anilines is 1. The lowest BCUT2D eigenvalue weighted by atomic mass is 10.1. The molecule has 1 aliphatic heterocycles. The predicted molar refractivity (Wildman–Crippen MR) is 89.1 cm³/mol. The Balaban J connectivity index is 1.76. The van der Waals surface area contributed by atoms with E-state index in [0.29, 0.717) is 0 Å². The fourth-order valence-electron chi connectivity index (χ4n) is 2.35. The Morgan fingerprint density at radius 2 is 1.89 bits per heavy atom. The first-order chi connectivity index (χ1) is 13.3. The second-order valence-corrected chi connectivity index (χ2v) is 5.64. The van der Waals surface area contributed by atoms with Gasteiger partial charge in [0.2, 0.25) is 6.79 Å². The number of rotatable bonds is 5. The van der Waals surface area contributed by atoms with Gasteiger partial charge in [-0.1, -0.05) is 0 Å². The van der Waals surface area contributed by atoms with E-state index in [4.69, 9.17) is 14.2 Å². The van der Waals surface area contributed by atoms with Crippen LogP contribution in [0.25, 0.3) is 0 Å². The van der Waals surface area contributed by atoms with Gasteiger partial charge in [0, 0.05) is 12.1 Å². The van der Waals surface area contributed by atoms with Crippen molar-refractivity contribution < 1.29 is 37.5 Å². The molecule has 11 heteroatoms. The minimum Gasteiger partial charge on any atom is -0.454 e. The number of esters is 1. The van der Waals surface area contributed by atoms with Crippen molar-refractivity contribution in [2.75, 3.05) is 12.1 Å². The topological polar surface area (TPSA) is 117 Å². The van der Waals surface area contributed by atoms with Crippen molar-refractivity contribution in [2.45, 2.75) is 13.0 Å². The summed E-state index contributed by atoms with van der Waals surface area (Å²) in [5.41, 5.74) is -1.49. The third kappa shape index (κ3) is 3.82. The zero-order valence-electron chi connectivity index (χ0n) is 14.2. The van der Waals surface area contributed by atoms with Crippen LogP contribution < -0.4 is 14.8 Å². The van der Waals surface area contributed by atoms with Gasteiger partial charge in [-0.2, -0.15) is 0 Å². The SMILES string of the molecule is CC(OC(=O)c1cc2c(cc1[N+](=O)[O-])OCO2)C(=O)Nc1cc(F)ccc1F. The lowest BCUT2D eigenvalue weighted by molar-refractivity contribution is -0.385. The summed E-state index contributed by atoms with van der Waals surface area (Å²) in [5.74, 6) is -3.60. The number of carbonyl (C=O) groups excluding carboxylic acids is 2. The van der Waals surface area contributed by atoms with E-state index in [-0.39, 0.29) is 18.3 Å². The Hall–Kier alpha value is -3.76. The summed E-state index contributed by atoms with van der Waals surface area (Å²) in [5, 5.41) is 13.3. The maximum absolute atomic E-state index is 13.6. The summed E-state index contributed by atoms with van der Waals surface area (Å²) < 4.78 is 41.8. The molecule has 2 aromatic rings. The standard InChI is InChI=1S/C17H12F2N2O7/c1-8(16(22)20-12-4-9(18)2-3-11(12)19)28-17(23)10-5-14-15(27-7-26-14)6-13(10)21(24)25/h2-6,8H,7H2,1H3,(H,20,22). The molecule has 3 rings (SSSR count). The van der Waals surface area contributed by atoms with Crippen LogP contribution in [-0.2, 0) is 9.53 Å². The molecule has 1 atom stereocenters. The molecule has 0 aromatic heterocycles. The Morgan fingerprint density at radius 3 is 2.57 bits per heavy atom. The molecule has 146 valence electrons. The van der Waals surface area contributed by atoms with Crippen molar-refractivity contribution in [2.24, 2.45) is 0 Å². The van der Waals surface area contributed by atoms with E-state index in [1.807, 2.05) is 0 Å². The maximum atomic E-state index is 13.6. The van der Waals surface area contributed by atoms with E-state index in [9.17, 15) is 28.5 Å². The molecule has 9 nitrogen and oxygen atoms in total. The number of carbonyl (C=O) groups is 2. The monoisotopic (exact) mass is 394 g/mol. The summed E-state index contributed by atoms with van der Waals surface area (Å²) in [6.45, 7) is 1.01. The number of nitrogens with one attached hydrogen (secondary N) is 1. The molecule has 0 saturated heterocycles. The zero-order valence-corrected chi connectivity index (χ0v) is 14.2. The van der Waals surface area contributed by atoms with E-state index in [2.05, 4.69) is 5.32 Å². The highest BCUT2D eigenvalue weighted by Gasteiger charge is 2.30. The maximum Gasteiger partial charge on any atom is 0.346 e. The molecule has 0 spiro atoms. The van der Waals surface area contributed by atoms with Crippen LogP contribution >= 0.6 is 0 Å². The molecule has 0 saturated carbocycles. The number of benzene rings is 2. The number of hydrogen-bond acceptors (Lipinski definition) is 7. The number of nitro benzene ring substituents is 1. The van der Waals surface area contributed by atoms with E-state index >= 15 is 0 Å². The largest absolute Gasteiger partial charge is 0.454 e. The summed E-state index contributed by atoms with van der Waals surface area (Å²) in [7, 11) is 0. The minimum atomic E-state index is -1.46. The molecule has 0 fully saturated rings. The van der Waals surface area contributed by atoms with Crippen LogP contribution in [0.2, 0.25) is 0 Å². The predicted octanol–water partition coefficient (Wildman–Crippen LogP) is 2.79. The van der Waals surface area contributed by atoms with Gasteiger partial charge in [0.05, 0.1) is 16.7 Å². The molecular formula is C17H12F2N2O7. The highest BCUT2D eigenvalue weighted by Crippen LogP contribution is 2.38. The van der Waals surface area contributed by atoms with Crippen molar-refractivity contribution >= 4 is 23.3 Å². The Labute approximate surface area is 156 Å². The number of hydrogen-bond donors (Lipinski definition) is 1. The molecule has 0 bridgehead atoms. The van der Waals surface area contributed by atoms with E-state index in [1.165, 1.54) is 6.92 Å². The van der Waals surface area contributed by atoms with Gasteiger partial charge in [0.25, 0.3) is 11.6 Å². The van der Waals surface area contributed by atoms with Crippen LogP contribution in [0, 0.1) is 21.7 Å². The molecule has 0 radical (unpaired) electrons. The van der Waals surface area contributed by atoms with Crippen molar-refractivity contribution in [1.82, 2.24) is 0 Å². The molecule has 2 aromatic carbocycles. The van der Waals surface area contributed by atoms with Gasteiger partial charge in [-0.15, -0.1) is 0 Å². The molecule has 1 amide bonds. The molecule has 1 aliphatic rings. The van der Waals surface area contributed by atoms with Crippen molar-refractivity contribution in [3.05, 3.63) is 57.6 Å². The quantitative estimate of drug-likeness (QED) is 0.471. The van der Waals surface area contributed by atoms with Crippen LogP contribution in [-0.4, -0.2) is 29.7 Å². The third-order valence-corrected chi connectivity index (χ3v) is 3.75. The number of amides is 1. The van der Waals surface area contributed by atoms with Gasteiger partial charge in [-0.05, 0) is 19.1 Å². The second-order valence-electron chi connectivity index (χ2n) is 5.64. The Kier molecular flexibility index (Phi) is 5.07. The van der Waals surface area contributed by atoms with Crippen LogP contribution in [0.4, 0.5) is 20.2 Å². The summed E-state index contributed by atoms with van der Waals surface area (Å²) >= 11 is 0. The van der Waals surface area contributed by atoms with Crippen LogP contribution in [0.1, 0.15) is 17.3 Å². The first kappa shape index (κ1) is 19.0. The Morgan fingerprint density at radius 1 is 1.21 bits per heavy atom. The minimum absolute atomic E-state index is 0.0932. The zero-order chi connectivity index (χ0) is 20.4. The number of ether oxygens (including phenoxy) is 3. The lowest BCUT2D eigenvalue weighted by Gasteiger charge is -2.14. The van der Waals surface area contributed by atoms with Crippen LogP contribution in [0.3, 0.4) is 0 Å². The average molecular weight is 394 g/mol. The third-order valence-electron chi connectivity index (χ3n) is 3.75. The van der Waals surface area contributed by atoms with E-state index in [1.54, 1.807) is 0 Å².